The Morgan fingerprint density at radius 3 is 2.69 bits per heavy atom. The second-order valence-electron chi connectivity index (χ2n) is 3.71. The number of amides is 1. The summed E-state index contributed by atoms with van der Waals surface area (Å²) >= 11 is 5.64. The van der Waals surface area contributed by atoms with Gasteiger partial charge in [0, 0.05) is 24.5 Å². The Balaban J connectivity index is 2.94. The van der Waals surface area contributed by atoms with Gasteiger partial charge in [0.15, 0.2) is 0 Å². The SMILES string of the molecule is CC(C)N(CCCl)C(=O)c1cccc(=O)[nH]1. The van der Waals surface area contributed by atoms with E-state index in [1.807, 2.05) is 13.8 Å². The molecule has 0 fully saturated rings. The van der Waals surface area contributed by atoms with Crippen LogP contribution in [0.15, 0.2) is 23.0 Å². The van der Waals surface area contributed by atoms with E-state index in [4.69, 9.17) is 11.6 Å². The molecule has 0 aliphatic rings. The minimum Gasteiger partial charge on any atom is -0.334 e. The lowest BCUT2D eigenvalue weighted by molar-refractivity contribution is 0.0712. The smallest absolute Gasteiger partial charge is 0.270 e. The number of halogens is 1. The van der Waals surface area contributed by atoms with E-state index in [-0.39, 0.29) is 17.5 Å². The maximum Gasteiger partial charge on any atom is 0.270 e. The maximum atomic E-state index is 12.0. The van der Waals surface area contributed by atoms with E-state index in [0.717, 1.165) is 0 Å². The van der Waals surface area contributed by atoms with Crippen molar-refractivity contribution in [2.24, 2.45) is 0 Å². The third kappa shape index (κ3) is 3.10. The van der Waals surface area contributed by atoms with Gasteiger partial charge in [0.1, 0.15) is 5.69 Å². The molecule has 4 nitrogen and oxygen atoms in total. The number of nitrogens with one attached hydrogen (secondary N) is 1. The third-order valence-corrected chi connectivity index (χ3v) is 2.38. The molecule has 0 atom stereocenters. The molecule has 0 aliphatic heterocycles. The van der Waals surface area contributed by atoms with E-state index < -0.39 is 0 Å². The summed E-state index contributed by atoms with van der Waals surface area (Å²) in [6.07, 6.45) is 0. The number of hydrogen-bond donors (Lipinski definition) is 1. The molecule has 1 N–H and O–H groups in total. The summed E-state index contributed by atoms with van der Waals surface area (Å²) in [5, 5.41) is 0. The van der Waals surface area contributed by atoms with Crippen LogP contribution in [0.5, 0.6) is 0 Å². The fourth-order valence-corrected chi connectivity index (χ4v) is 1.59. The number of aromatic amines is 1. The number of carbonyl (C=O) groups is 1. The van der Waals surface area contributed by atoms with E-state index in [1.165, 1.54) is 6.07 Å². The minimum atomic E-state index is -0.277. The van der Waals surface area contributed by atoms with Gasteiger partial charge >= 0.3 is 0 Å². The molecule has 1 amide bonds. The van der Waals surface area contributed by atoms with Crippen LogP contribution in [0.2, 0.25) is 0 Å². The largest absolute Gasteiger partial charge is 0.334 e. The van der Waals surface area contributed by atoms with E-state index in [0.29, 0.717) is 18.1 Å². The molecule has 1 heterocycles. The number of nitrogens with zero attached hydrogens (tertiary/aromatic N) is 1. The number of carbonyl (C=O) groups excluding carboxylic acids is 1. The fourth-order valence-electron chi connectivity index (χ4n) is 1.41. The Kier molecular flexibility index (Phi) is 4.55. The monoisotopic (exact) mass is 242 g/mol. The van der Waals surface area contributed by atoms with Crippen molar-refractivity contribution in [1.82, 2.24) is 9.88 Å². The van der Waals surface area contributed by atoms with Gasteiger partial charge in [-0.05, 0) is 19.9 Å². The zero-order valence-electron chi connectivity index (χ0n) is 9.37. The van der Waals surface area contributed by atoms with Gasteiger partial charge in [-0.3, -0.25) is 9.59 Å². The van der Waals surface area contributed by atoms with Gasteiger partial charge in [-0.15, -0.1) is 11.6 Å². The number of H-pyrrole nitrogens is 1. The van der Waals surface area contributed by atoms with Gasteiger partial charge in [0.05, 0.1) is 0 Å². The lowest BCUT2D eigenvalue weighted by Gasteiger charge is -2.25. The second-order valence-corrected chi connectivity index (χ2v) is 4.09. The van der Waals surface area contributed by atoms with Crippen LogP contribution in [0.3, 0.4) is 0 Å². The Labute approximate surface area is 99.2 Å². The molecule has 0 aliphatic carbocycles. The van der Waals surface area contributed by atoms with E-state index >= 15 is 0 Å². The van der Waals surface area contributed by atoms with Crippen LogP contribution in [0, 0.1) is 0 Å². The van der Waals surface area contributed by atoms with Crippen molar-refractivity contribution in [2.45, 2.75) is 19.9 Å². The lowest BCUT2D eigenvalue weighted by Crippen LogP contribution is -2.39. The first kappa shape index (κ1) is 12.8. The van der Waals surface area contributed by atoms with Crippen molar-refractivity contribution in [3.05, 3.63) is 34.2 Å². The first-order valence-corrected chi connectivity index (χ1v) is 5.66. The van der Waals surface area contributed by atoms with Gasteiger partial charge in [0.2, 0.25) is 5.56 Å². The molecule has 0 bridgehead atoms. The molecule has 1 aromatic heterocycles. The van der Waals surface area contributed by atoms with Crippen LogP contribution in [0.1, 0.15) is 24.3 Å². The third-order valence-electron chi connectivity index (χ3n) is 2.21. The molecule has 5 heteroatoms. The average molecular weight is 243 g/mol. The Bertz CT molecular complexity index is 414. The van der Waals surface area contributed by atoms with Crippen LogP contribution >= 0.6 is 11.6 Å². The molecule has 0 unspecified atom stereocenters. The molecule has 0 radical (unpaired) electrons. The average Bonchev–Trinajstić information content (AvgIpc) is 2.24. The summed E-state index contributed by atoms with van der Waals surface area (Å²) in [6.45, 7) is 4.28. The summed E-state index contributed by atoms with van der Waals surface area (Å²) < 4.78 is 0. The fraction of sp³-hybridized carbons (Fsp3) is 0.455. The minimum absolute atomic E-state index is 0.0509. The molecule has 0 spiro atoms. The maximum absolute atomic E-state index is 12.0. The van der Waals surface area contributed by atoms with Crippen molar-refractivity contribution < 1.29 is 4.79 Å². The van der Waals surface area contributed by atoms with Crippen LogP contribution < -0.4 is 5.56 Å². The van der Waals surface area contributed by atoms with Crippen molar-refractivity contribution in [3.63, 3.8) is 0 Å². The Morgan fingerprint density at radius 2 is 2.19 bits per heavy atom. The Morgan fingerprint density at radius 1 is 1.50 bits per heavy atom. The predicted octanol–water partition coefficient (Wildman–Crippen LogP) is 1.46. The number of hydrogen-bond acceptors (Lipinski definition) is 2. The molecule has 88 valence electrons. The van der Waals surface area contributed by atoms with E-state index in [1.54, 1.807) is 17.0 Å². The topological polar surface area (TPSA) is 53.2 Å². The zero-order chi connectivity index (χ0) is 12.1. The summed E-state index contributed by atoms with van der Waals surface area (Å²) in [5.74, 6) is 0.175. The van der Waals surface area contributed by atoms with Gasteiger partial charge in [-0.2, -0.15) is 0 Å². The van der Waals surface area contributed by atoms with Crippen molar-refractivity contribution >= 4 is 17.5 Å². The normalized spacial score (nSPS) is 10.5. The van der Waals surface area contributed by atoms with E-state index in [9.17, 15) is 9.59 Å². The molecule has 0 saturated heterocycles. The molecule has 16 heavy (non-hydrogen) atoms. The Hall–Kier alpha value is -1.29. The molecular weight excluding hydrogens is 228 g/mol. The highest BCUT2D eigenvalue weighted by atomic mass is 35.5. The molecular formula is C11H15ClN2O2. The van der Waals surface area contributed by atoms with Crippen LogP contribution in [-0.2, 0) is 0 Å². The van der Waals surface area contributed by atoms with Gasteiger partial charge in [-0.25, -0.2) is 0 Å². The van der Waals surface area contributed by atoms with Gasteiger partial charge in [0.25, 0.3) is 5.91 Å². The molecule has 0 saturated carbocycles. The first-order valence-electron chi connectivity index (χ1n) is 5.12. The van der Waals surface area contributed by atoms with Crippen LogP contribution in [0.4, 0.5) is 0 Å². The summed E-state index contributed by atoms with van der Waals surface area (Å²) in [7, 11) is 0. The molecule has 1 rings (SSSR count). The van der Waals surface area contributed by atoms with Crippen molar-refractivity contribution in [1.29, 1.82) is 0 Å². The highest BCUT2D eigenvalue weighted by Gasteiger charge is 2.18. The standard InChI is InChI=1S/C11H15ClN2O2/c1-8(2)14(7-6-12)11(16)9-4-3-5-10(15)13-9/h3-5,8H,6-7H2,1-2H3,(H,13,15). The highest BCUT2D eigenvalue weighted by molar-refractivity contribution is 6.18. The number of alkyl halides is 1. The van der Waals surface area contributed by atoms with Crippen LogP contribution in [-0.4, -0.2) is 34.3 Å². The highest BCUT2D eigenvalue weighted by Crippen LogP contribution is 2.05. The first-order chi connectivity index (χ1) is 7.56. The summed E-state index contributed by atoms with van der Waals surface area (Å²) in [4.78, 5) is 27.3. The summed E-state index contributed by atoms with van der Waals surface area (Å²) in [6, 6.07) is 4.58. The quantitative estimate of drug-likeness (QED) is 0.813. The van der Waals surface area contributed by atoms with Crippen molar-refractivity contribution in [3.8, 4) is 0 Å². The second kappa shape index (κ2) is 5.70. The zero-order valence-corrected chi connectivity index (χ0v) is 10.1. The molecule has 1 aromatic rings. The van der Waals surface area contributed by atoms with Crippen LogP contribution in [0.25, 0.3) is 0 Å². The van der Waals surface area contributed by atoms with Crippen molar-refractivity contribution in [2.75, 3.05) is 12.4 Å². The number of pyridine rings is 1. The number of rotatable bonds is 4. The van der Waals surface area contributed by atoms with Gasteiger partial charge < -0.3 is 9.88 Å². The predicted molar refractivity (Wildman–Crippen MR) is 64.0 cm³/mol. The molecule has 0 aromatic carbocycles. The summed E-state index contributed by atoms with van der Waals surface area (Å²) in [5.41, 5.74) is 0.0201. The van der Waals surface area contributed by atoms with E-state index in [2.05, 4.69) is 4.98 Å². The van der Waals surface area contributed by atoms with Gasteiger partial charge in [-0.1, -0.05) is 6.07 Å². The lowest BCUT2D eigenvalue weighted by atomic mass is 10.2. The number of aromatic nitrogens is 1.